The Labute approximate surface area is 171 Å². The Morgan fingerprint density at radius 2 is 2.31 bits per heavy atom. The summed E-state index contributed by atoms with van der Waals surface area (Å²) in [7, 11) is 0. The van der Waals surface area contributed by atoms with Crippen LogP contribution < -0.4 is 4.90 Å². The fraction of sp³-hybridized carbons (Fsp3) is 0.444. The summed E-state index contributed by atoms with van der Waals surface area (Å²) < 4.78 is 5.73. The summed E-state index contributed by atoms with van der Waals surface area (Å²) in [5.41, 5.74) is 1.56. The Morgan fingerprint density at radius 3 is 3.00 bits per heavy atom. The minimum absolute atomic E-state index is 0.0814. The molecule has 1 unspecified atom stereocenters. The van der Waals surface area contributed by atoms with E-state index in [0.717, 1.165) is 36.5 Å². The zero-order chi connectivity index (χ0) is 18.5. The number of anilines is 1. The molecule has 3 rings (SSSR count). The molecule has 1 aliphatic heterocycles. The van der Waals surface area contributed by atoms with E-state index in [-0.39, 0.29) is 12.0 Å². The van der Waals surface area contributed by atoms with Gasteiger partial charge in [-0.1, -0.05) is 23.2 Å². The van der Waals surface area contributed by atoms with E-state index < -0.39 is 0 Å². The number of carbonyl (C=O) groups excluding carboxylic acids is 1. The Bertz CT molecular complexity index is 763. The summed E-state index contributed by atoms with van der Waals surface area (Å²) >= 11 is 15.4. The van der Waals surface area contributed by atoms with E-state index in [1.807, 2.05) is 17.7 Å². The number of ether oxygens (including phenoxy) is 1. The maximum atomic E-state index is 12.7. The number of carbonyl (C=O) groups is 1. The second-order valence-electron chi connectivity index (χ2n) is 6.02. The number of nitrogens with zero attached hydrogens (tertiary/aromatic N) is 2. The molecule has 0 aliphatic carbocycles. The number of thiazole rings is 1. The number of rotatable bonds is 7. The van der Waals surface area contributed by atoms with Crippen molar-refractivity contribution in [1.82, 2.24) is 4.98 Å². The molecule has 1 fully saturated rings. The highest BCUT2D eigenvalue weighted by Gasteiger charge is 2.26. The van der Waals surface area contributed by atoms with Crippen molar-refractivity contribution in [2.45, 2.75) is 25.4 Å². The highest BCUT2D eigenvalue weighted by molar-refractivity contribution is 7.98. The van der Waals surface area contributed by atoms with E-state index in [1.165, 1.54) is 11.3 Å². The molecule has 1 atom stereocenters. The molecule has 26 heavy (non-hydrogen) atoms. The molecule has 2 aromatic rings. The highest BCUT2D eigenvalue weighted by atomic mass is 35.5. The first-order valence-corrected chi connectivity index (χ1v) is 11.4. The number of thioether (sulfide) groups is 1. The number of benzene rings is 1. The molecule has 1 amide bonds. The second kappa shape index (κ2) is 9.42. The average Bonchev–Trinajstić information content (AvgIpc) is 3.29. The van der Waals surface area contributed by atoms with Gasteiger partial charge in [0, 0.05) is 34.7 Å². The molecule has 140 valence electrons. The third-order valence-electron chi connectivity index (χ3n) is 4.16. The van der Waals surface area contributed by atoms with E-state index in [0.29, 0.717) is 28.1 Å². The Hall–Kier alpha value is -0.790. The highest BCUT2D eigenvalue weighted by Crippen LogP contribution is 2.34. The van der Waals surface area contributed by atoms with E-state index >= 15 is 0 Å². The standard InChI is InChI=1S/C18H20Cl2N2O2S2/c1-25-8-6-17(23)22(10-13-3-2-7-24-13)18-21-16(11-26-18)14-5-4-12(19)9-15(14)20/h4-5,9,11,13H,2-3,6-8,10H2,1H3. The van der Waals surface area contributed by atoms with Crippen molar-refractivity contribution in [3.63, 3.8) is 0 Å². The Kier molecular flexibility index (Phi) is 7.23. The van der Waals surface area contributed by atoms with Crippen molar-refractivity contribution in [3.8, 4) is 11.3 Å². The van der Waals surface area contributed by atoms with Crippen molar-refractivity contribution in [3.05, 3.63) is 33.6 Å². The van der Waals surface area contributed by atoms with Crippen molar-refractivity contribution < 1.29 is 9.53 Å². The lowest BCUT2D eigenvalue weighted by Gasteiger charge is -2.23. The molecule has 1 aromatic heterocycles. The number of amides is 1. The lowest BCUT2D eigenvalue weighted by Crippen LogP contribution is -2.37. The molecule has 0 bridgehead atoms. The SMILES string of the molecule is CSCCC(=O)N(CC1CCCO1)c1nc(-c2ccc(Cl)cc2Cl)cs1. The predicted octanol–water partition coefficient (Wildman–Crippen LogP) is 5.38. The number of hydrogen-bond donors (Lipinski definition) is 0. The largest absolute Gasteiger partial charge is 0.376 e. The fourth-order valence-corrected chi connectivity index (χ4v) is 4.55. The molecule has 4 nitrogen and oxygen atoms in total. The number of halogens is 2. The van der Waals surface area contributed by atoms with Crippen LogP contribution in [0, 0.1) is 0 Å². The lowest BCUT2D eigenvalue weighted by atomic mass is 10.2. The van der Waals surface area contributed by atoms with Gasteiger partial charge in [-0.3, -0.25) is 9.69 Å². The van der Waals surface area contributed by atoms with Gasteiger partial charge in [0.25, 0.3) is 0 Å². The monoisotopic (exact) mass is 430 g/mol. The minimum Gasteiger partial charge on any atom is -0.376 e. The molecule has 1 saturated heterocycles. The molecule has 1 aliphatic rings. The summed E-state index contributed by atoms with van der Waals surface area (Å²) in [6, 6.07) is 5.34. The normalized spacial score (nSPS) is 16.8. The Balaban J connectivity index is 1.83. The van der Waals surface area contributed by atoms with Gasteiger partial charge in [-0.2, -0.15) is 11.8 Å². The van der Waals surface area contributed by atoms with Crippen LogP contribution in [0.5, 0.6) is 0 Å². The molecule has 8 heteroatoms. The second-order valence-corrected chi connectivity index (χ2v) is 8.69. The van der Waals surface area contributed by atoms with Crippen LogP contribution in [-0.4, -0.2) is 42.2 Å². The number of hydrogen-bond acceptors (Lipinski definition) is 5. The van der Waals surface area contributed by atoms with E-state index in [9.17, 15) is 4.79 Å². The van der Waals surface area contributed by atoms with Crippen LogP contribution in [0.4, 0.5) is 5.13 Å². The zero-order valence-corrected chi connectivity index (χ0v) is 17.6. The topological polar surface area (TPSA) is 42.4 Å². The first-order chi connectivity index (χ1) is 12.6. The maximum Gasteiger partial charge on any atom is 0.229 e. The third kappa shape index (κ3) is 4.93. The van der Waals surface area contributed by atoms with Gasteiger partial charge < -0.3 is 4.74 Å². The van der Waals surface area contributed by atoms with Crippen molar-refractivity contribution in [2.75, 3.05) is 30.1 Å². The third-order valence-corrected chi connectivity index (χ3v) is 6.19. The fourth-order valence-electron chi connectivity index (χ4n) is 2.81. The van der Waals surface area contributed by atoms with E-state index in [1.54, 1.807) is 28.8 Å². The van der Waals surface area contributed by atoms with Crippen molar-refractivity contribution in [1.29, 1.82) is 0 Å². The molecule has 2 heterocycles. The summed E-state index contributed by atoms with van der Waals surface area (Å²) in [5, 5.41) is 3.75. The van der Waals surface area contributed by atoms with Crippen LogP contribution in [0.2, 0.25) is 10.0 Å². The van der Waals surface area contributed by atoms with Crippen LogP contribution in [0.1, 0.15) is 19.3 Å². The maximum absolute atomic E-state index is 12.7. The van der Waals surface area contributed by atoms with Gasteiger partial charge in [-0.15, -0.1) is 11.3 Å². The van der Waals surface area contributed by atoms with Crippen molar-refractivity contribution in [2.24, 2.45) is 0 Å². The van der Waals surface area contributed by atoms with Crippen LogP contribution in [0.25, 0.3) is 11.3 Å². The van der Waals surface area contributed by atoms with Crippen molar-refractivity contribution >= 4 is 57.3 Å². The van der Waals surface area contributed by atoms with Gasteiger partial charge in [0.1, 0.15) is 0 Å². The molecule has 0 radical (unpaired) electrons. The molecule has 0 spiro atoms. The van der Waals surface area contributed by atoms with E-state index in [2.05, 4.69) is 4.98 Å². The van der Waals surface area contributed by atoms with Gasteiger partial charge in [0.2, 0.25) is 5.91 Å². The lowest BCUT2D eigenvalue weighted by molar-refractivity contribution is -0.118. The molecule has 0 N–H and O–H groups in total. The van der Waals surface area contributed by atoms with Gasteiger partial charge >= 0.3 is 0 Å². The smallest absolute Gasteiger partial charge is 0.229 e. The summed E-state index contributed by atoms with van der Waals surface area (Å²) in [5.74, 6) is 0.875. The van der Waals surface area contributed by atoms with Crippen LogP contribution in [0.15, 0.2) is 23.6 Å². The van der Waals surface area contributed by atoms with Gasteiger partial charge in [0.15, 0.2) is 5.13 Å². The van der Waals surface area contributed by atoms with E-state index in [4.69, 9.17) is 27.9 Å². The van der Waals surface area contributed by atoms with Crippen LogP contribution in [0.3, 0.4) is 0 Å². The minimum atomic E-state index is 0.0814. The van der Waals surface area contributed by atoms with Gasteiger partial charge in [-0.25, -0.2) is 4.98 Å². The average molecular weight is 431 g/mol. The van der Waals surface area contributed by atoms with Gasteiger partial charge in [0.05, 0.1) is 23.4 Å². The molecular weight excluding hydrogens is 411 g/mol. The quantitative estimate of drug-likeness (QED) is 0.590. The molecule has 0 saturated carbocycles. The molecular formula is C18H20Cl2N2O2S2. The first-order valence-electron chi connectivity index (χ1n) is 8.40. The zero-order valence-electron chi connectivity index (χ0n) is 14.4. The predicted molar refractivity (Wildman–Crippen MR) is 112 cm³/mol. The number of aromatic nitrogens is 1. The van der Waals surface area contributed by atoms with Gasteiger partial charge in [-0.05, 0) is 37.3 Å². The summed E-state index contributed by atoms with van der Waals surface area (Å²) in [4.78, 5) is 19.2. The summed E-state index contributed by atoms with van der Waals surface area (Å²) in [6.07, 6.45) is 4.60. The van der Waals surface area contributed by atoms with Crippen LogP contribution in [-0.2, 0) is 9.53 Å². The van der Waals surface area contributed by atoms with Crippen LogP contribution >= 0.6 is 46.3 Å². The summed E-state index contributed by atoms with van der Waals surface area (Å²) in [6.45, 7) is 1.32. The first kappa shape index (κ1) is 20.0. The Morgan fingerprint density at radius 1 is 1.46 bits per heavy atom. The molecule has 1 aromatic carbocycles.